The predicted octanol–water partition coefficient (Wildman–Crippen LogP) is 6.28. The van der Waals surface area contributed by atoms with Gasteiger partial charge >= 0.3 is 0 Å². The predicted molar refractivity (Wildman–Crippen MR) is 125 cm³/mol. The molecule has 4 nitrogen and oxygen atoms in total. The highest BCUT2D eigenvalue weighted by Gasteiger charge is 2.14. The highest BCUT2D eigenvalue weighted by molar-refractivity contribution is 7.80. The average molecular weight is 404 g/mol. The first-order valence-electron chi connectivity index (χ1n) is 10.0. The number of rotatable bonds is 5. The second-order valence-corrected chi connectivity index (χ2v) is 7.49. The van der Waals surface area contributed by atoms with Crippen LogP contribution >= 0.6 is 12.2 Å². The largest absolute Gasteiger partial charge is 0.457 e. The van der Waals surface area contributed by atoms with E-state index in [1.165, 1.54) is 24.9 Å². The van der Waals surface area contributed by atoms with Crippen LogP contribution in [0.2, 0.25) is 0 Å². The lowest BCUT2D eigenvalue weighted by Crippen LogP contribution is -2.30. The second-order valence-electron chi connectivity index (χ2n) is 7.08. The van der Waals surface area contributed by atoms with E-state index >= 15 is 0 Å². The van der Waals surface area contributed by atoms with Crippen molar-refractivity contribution in [2.45, 2.75) is 19.3 Å². The van der Waals surface area contributed by atoms with Gasteiger partial charge in [0.2, 0.25) is 0 Å². The van der Waals surface area contributed by atoms with E-state index in [0.717, 1.165) is 36.0 Å². The van der Waals surface area contributed by atoms with E-state index in [9.17, 15) is 0 Å². The van der Waals surface area contributed by atoms with Gasteiger partial charge in [-0.05, 0) is 80.0 Å². The zero-order chi connectivity index (χ0) is 19.9. The van der Waals surface area contributed by atoms with Crippen LogP contribution in [0.4, 0.5) is 17.1 Å². The number of benzene rings is 3. The Morgan fingerprint density at radius 3 is 2.14 bits per heavy atom. The van der Waals surface area contributed by atoms with Crippen molar-refractivity contribution in [3.8, 4) is 11.5 Å². The molecule has 0 amide bonds. The van der Waals surface area contributed by atoms with Gasteiger partial charge in [0.1, 0.15) is 11.5 Å². The Balaban J connectivity index is 1.37. The van der Waals surface area contributed by atoms with Crippen LogP contribution in [0.1, 0.15) is 19.3 Å². The Morgan fingerprint density at radius 2 is 1.38 bits per heavy atom. The summed E-state index contributed by atoms with van der Waals surface area (Å²) in [4.78, 5) is 2.43. The number of nitrogens with zero attached hydrogens (tertiary/aromatic N) is 1. The summed E-state index contributed by atoms with van der Waals surface area (Å²) >= 11 is 5.54. The molecule has 2 N–H and O–H groups in total. The van der Waals surface area contributed by atoms with Gasteiger partial charge in [0.05, 0.1) is 11.4 Å². The molecule has 1 saturated heterocycles. The third-order valence-corrected chi connectivity index (χ3v) is 5.14. The van der Waals surface area contributed by atoms with Crippen molar-refractivity contribution in [1.82, 2.24) is 0 Å². The number of para-hydroxylation sites is 3. The van der Waals surface area contributed by atoms with Crippen molar-refractivity contribution in [2.75, 3.05) is 28.6 Å². The fourth-order valence-corrected chi connectivity index (χ4v) is 3.73. The first-order valence-corrected chi connectivity index (χ1v) is 10.4. The van der Waals surface area contributed by atoms with E-state index in [1.807, 2.05) is 60.7 Å². The molecule has 1 aliphatic heterocycles. The van der Waals surface area contributed by atoms with Gasteiger partial charge < -0.3 is 20.3 Å². The molecule has 0 saturated carbocycles. The van der Waals surface area contributed by atoms with E-state index in [-0.39, 0.29) is 0 Å². The Hall–Kier alpha value is -3.05. The van der Waals surface area contributed by atoms with E-state index in [1.54, 1.807) is 0 Å². The standard InChI is InChI=1S/C24H25N3OS/c29-24(26-22-11-5-6-12-23(22)27-17-7-2-8-18-27)25-19-13-15-21(16-14-19)28-20-9-3-1-4-10-20/h1,3-6,9-16H,2,7-8,17-18H2,(H2,25,26,29). The molecule has 5 heteroatoms. The minimum atomic E-state index is 0.575. The highest BCUT2D eigenvalue weighted by Crippen LogP contribution is 2.28. The van der Waals surface area contributed by atoms with E-state index in [0.29, 0.717) is 5.11 Å². The zero-order valence-electron chi connectivity index (χ0n) is 16.3. The zero-order valence-corrected chi connectivity index (χ0v) is 17.1. The summed E-state index contributed by atoms with van der Waals surface area (Å²) in [6.07, 6.45) is 3.80. The van der Waals surface area contributed by atoms with Crippen molar-refractivity contribution in [1.29, 1.82) is 0 Å². The molecule has 0 aliphatic carbocycles. The fraction of sp³-hybridized carbons (Fsp3) is 0.208. The van der Waals surface area contributed by atoms with Gasteiger partial charge in [-0.2, -0.15) is 0 Å². The first kappa shape index (κ1) is 19.3. The molecule has 3 aromatic rings. The summed E-state index contributed by atoms with van der Waals surface area (Å²) in [5.74, 6) is 1.61. The summed E-state index contributed by atoms with van der Waals surface area (Å²) in [5.41, 5.74) is 3.16. The molecule has 148 valence electrons. The van der Waals surface area contributed by atoms with Crippen molar-refractivity contribution in [3.05, 3.63) is 78.9 Å². The lowest BCUT2D eigenvalue weighted by Gasteiger charge is -2.30. The molecule has 1 aliphatic rings. The third kappa shape index (κ3) is 5.27. The Morgan fingerprint density at radius 1 is 0.724 bits per heavy atom. The summed E-state index contributed by atoms with van der Waals surface area (Å²) < 4.78 is 5.84. The van der Waals surface area contributed by atoms with Crippen molar-refractivity contribution in [2.24, 2.45) is 0 Å². The lowest BCUT2D eigenvalue weighted by molar-refractivity contribution is 0.483. The Kier molecular flexibility index (Phi) is 6.27. The van der Waals surface area contributed by atoms with Gasteiger partial charge in [-0.1, -0.05) is 30.3 Å². The summed E-state index contributed by atoms with van der Waals surface area (Å²) in [6, 6.07) is 25.9. The normalized spacial score (nSPS) is 13.6. The number of thiocarbonyl (C=S) groups is 1. The van der Waals surface area contributed by atoms with Crippen LogP contribution < -0.4 is 20.3 Å². The van der Waals surface area contributed by atoms with Crippen LogP contribution in [-0.4, -0.2) is 18.2 Å². The molecule has 4 rings (SSSR count). The third-order valence-electron chi connectivity index (χ3n) is 4.94. The van der Waals surface area contributed by atoms with E-state index in [2.05, 4.69) is 33.7 Å². The number of piperidine rings is 1. The van der Waals surface area contributed by atoms with Crippen molar-refractivity contribution < 1.29 is 4.74 Å². The molecular weight excluding hydrogens is 378 g/mol. The molecule has 1 fully saturated rings. The number of nitrogens with one attached hydrogen (secondary N) is 2. The smallest absolute Gasteiger partial charge is 0.175 e. The molecule has 1 heterocycles. The van der Waals surface area contributed by atoms with Crippen LogP contribution in [0.25, 0.3) is 0 Å². The topological polar surface area (TPSA) is 36.5 Å². The molecule has 0 radical (unpaired) electrons. The van der Waals surface area contributed by atoms with Gasteiger partial charge in [0.15, 0.2) is 5.11 Å². The first-order chi connectivity index (χ1) is 14.3. The summed E-state index contributed by atoms with van der Waals surface area (Å²) in [5, 5.41) is 7.19. The Labute approximate surface area is 177 Å². The molecule has 0 unspecified atom stereocenters. The fourth-order valence-electron chi connectivity index (χ4n) is 3.51. The molecule has 3 aromatic carbocycles. The summed E-state index contributed by atoms with van der Waals surface area (Å²) in [7, 11) is 0. The van der Waals surface area contributed by atoms with Crippen LogP contribution in [0.15, 0.2) is 78.9 Å². The minimum Gasteiger partial charge on any atom is -0.457 e. The van der Waals surface area contributed by atoms with Crippen LogP contribution in [0, 0.1) is 0 Å². The molecule has 0 spiro atoms. The molecule has 0 atom stereocenters. The summed E-state index contributed by atoms with van der Waals surface area (Å²) in [6.45, 7) is 2.20. The molecular formula is C24H25N3OS. The van der Waals surface area contributed by atoms with Gasteiger partial charge in [-0.3, -0.25) is 0 Å². The minimum absolute atomic E-state index is 0.575. The number of ether oxygens (including phenoxy) is 1. The SMILES string of the molecule is S=C(Nc1ccc(Oc2ccccc2)cc1)Nc1ccccc1N1CCCCC1. The lowest BCUT2D eigenvalue weighted by atomic mass is 10.1. The average Bonchev–Trinajstić information content (AvgIpc) is 2.77. The van der Waals surface area contributed by atoms with E-state index in [4.69, 9.17) is 17.0 Å². The Bertz CT molecular complexity index is 938. The van der Waals surface area contributed by atoms with Gasteiger partial charge in [-0.15, -0.1) is 0 Å². The maximum Gasteiger partial charge on any atom is 0.175 e. The molecule has 0 bridgehead atoms. The second kappa shape index (κ2) is 9.43. The van der Waals surface area contributed by atoms with Crippen molar-refractivity contribution >= 4 is 34.4 Å². The maximum atomic E-state index is 5.84. The highest BCUT2D eigenvalue weighted by atomic mass is 32.1. The molecule has 0 aromatic heterocycles. The number of hydrogen-bond acceptors (Lipinski definition) is 3. The van der Waals surface area contributed by atoms with Gasteiger partial charge in [-0.25, -0.2) is 0 Å². The van der Waals surface area contributed by atoms with Crippen LogP contribution in [0.3, 0.4) is 0 Å². The van der Waals surface area contributed by atoms with Crippen LogP contribution in [0.5, 0.6) is 11.5 Å². The van der Waals surface area contributed by atoms with Crippen LogP contribution in [-0.2, 0) is 0 Å². The number of hydrogen-bond donors (Lipinski definition) is 2. The van der Waals surface area contributed by atoms with E-state index < -0.39 is 0 Å². The van der Waals surface area contributed by atoms with Gasteiger partial charge in [0.25, 0.3) is 0 Å². The maximum absolute atomic E-state index is 5.84. The van der Waals surface area contributed by atoms with Crippen molar-refractivity contribution in [3.63, 3.8) is 0 Å². The quantitative estimate of drug-likeness (QED) is 0.491. The van der Waals surface area contributed by atoms with Gasteiger partial charge in [0, 0.05) is 18.8 Å². The monoisotopic (exact) mass is 403 g/mol. The molecule has 29 heavy (non-hydrogen) atoms. The number of anilines is 3.